The normalized spacial score (nSPS) is 10.4. The number of aryl methyl sites for hydroxylation is 1. The van der Waals surface area contributed by atoms with E-state index < -0.39 is 0 Å². The predicted octanol–water partition coefficient (Wildman–Crippen LogP) is 2.05. The molecule has 0 amide bonds. The number of nitrogens with two attached hydrogens (primary N) is 1. The van der Waals surface area contributed by atoms with Crippen LogP contribution in [-0.4, -0.2) is 22.0 Å². The molecule has 0 saturated heterocycles. The fourth-order valence-corrected chi connectivity index (χ4v) is 1.89. The average Bonchev–Trinajstić information content (AvgIpc) is 2.32. The molecule has 0 fully saturated rings. The first-order chi connectivity index (χ1) is 8.58. The number of hydrogen-bond acceptors (Lipinski definition) is 5. The lowest BCUT2D eigenvalue weighted by molar-refractivity contribution is 0.855. The van der Waals surface area contributed by atoms with Crippen molar-refractivity contribution in [1.29, 1.82) is 0 Å². The van der Waals surface area contributed by atoms with Crippen LogP contribution in [0.1, 0.15) is 11.4 Å². The van der Waals surface area contributed by atoms with Crippen LogP contribution < -0.4 is 10.6 Å². The Hall–Kier alpha value is -1.88. The van der Waals surface area contributed by atoms with E-state index in [2.05, 4.69) is 15.0 Å². The third kappa shape index (κ3) is 2.68. The number of halogens is 1. The fourth-order valence-electron chi connectivity index (χ4n) is 1.65. The highest BCUT2D eigenvalue weighted by Gasteiger charge is 2.11. The molecule has 2 heterocycles. The Kier molecular flexibility index (Phi) is 3.62. The van der Waals surface area contributed by atoms with Gasteiger partial charge in [-0.2, -0.15) is 0 Å². The van der Waals surface area contributed by atoms with Crippen molar-refractivity contribution in [1.82, 2.24) is 15.0 Å². The Morgan fingerprint density at radius 1 is 1.33 bits per heavy atom. The van der Waals surface area contributed by atoms with E-state index >= 15 is 0 Å². The van der Waals surface area contributed by atoms with E-state index in [1.807, 2.05) is 37.1 Å². The summed E-state index contributed by atoms with van der Waals surface area (Å²) < 4.78 is 0. The molecular weight excluding hydrogens is 250 g/mol. The van der Waals surface area contributed by atoms with Crippen LogP contribution in [0.5, 0.6) is 0 Å². The lowest BCUT2D eigenvalue weighted by Crippen LogP contribution is -2.19. The maximum atomic E-state index is 6.07. The predicted molar refractivity (Wildman–Crippen MR) is 72.5 cm³/mol. The van der Waals surface area contributed by atoms with Gasteiger partial charge in [-0.3, -0.25) is 4.98 Å². The molecule has 0 bridgehead atoms. The summed E-state index contributed by atoms with van der Waals surface area (Å²) in [7, 11) is 1.89. The van der Waals surface area contributed by atoms with E-state index in [0.29, 0.717) is 17.4 Å². The fraction of sp³-hybridized carbons (Fsp3) is 0.250. The van der Waals surface area contributed by atoms with Crippen LogP contribution in [0.3, 0.4) is 0 Å². The standard InChI is InChI=1S/C12H14ClN5/c1-8-4-3-5-9(17-8)6-18(2)12-10(13)11(14)15-7-16-12/h3-5,7H,6H2,1-2H3,(H2,14,15,16). The molecule has 0 aliphatic heterocycles. The van der Waals surface area contributed by atoms with Gasteiger partial charge in [0.2, 0.25) is 0 Å². The van der Waals surface area contributed by atoms with E-state index in [-0.39, 0.29) is 5.82 Å². The van der Waals surface area contributed by atoms with Crippen LogP contribution in [0, 0.1) is 6.92 Å². The van der Waals surface area contributed by atoms with Crippen molar-refractivity contribution in [2.75, 3.05) is 17.7 Å². The summed E-state index contributed by atoms with van der Waals surface area (Å²) in [5, 5.41) is 0.368. The Labute approximate surface area is 111 Å². The SMILES string of the molecule is Cc1cccc(CN(C)c2ncnc(N)c2Cl)n1. The van der Waals surface area contributed by atoms with Crippen molar-refractivity contribution in [3.63, 3.8) is 0 Å². The summed E-state index contributed by atoms with van der Waals surface area (Å²) in [4.78, 5) is 14.3. The molecule has 0 atom stereocenters. The molecule has 0 saturated carbocycles. The van der Waals surface area contributed by atoms with Crippen LogP contribution in [0.2, 0.25) is 5.02 Å². The van der Waals surface area contributed by atoms with Gasteiger partial charge in [0.1, 0.15) is 17.2 Å². The maximum absolute atomic E-state index is 6.07. The van der Waals surface area contributed by atoms with Gasteiger partial charge in [0.15, 0.2) is 5.82 Å². The Balaban J connectivity index is 2.22. The minimum absolute atomic E-state index is 0.283. The Morgan fingerprint density at radius 2 is 2.11 bits per heavy atom. The summed E-state index contributed by atoms with van der Waals surface area (Å²) in [5.74, 6) is 0.887. The number of nitrogens with zero attached hydrogens (tertiary/aromatic N) is 4. The van der Waals surface area contributed by atoms with Crippen LogP contribution in [0.15, 0.2) is 24.5 Å². The van der Waals surface area contributed by atoms with Gasteiger partial charge < -0.3 is 10.6 Å². The number of rotatable bonds is 3. The topological polar surface area (TPSA) is 67.9 Å². The zero-order valence-electron chi connectivity index (χ0n) is 10.3. The zero-order valence-corrected chi connectivity index (χ0v) is 11.0. The van der Waals surface area contributed by atoms with Crippen molar-refractivity contribution in [3.05, 3.63) is 40.9 Å². The average molecular weight is 264 g/mol. The van der Waals surface area contributed by atoms with Crippen LogP contribution in [0.25, 0.3) is 0 Å². The maximum Gasteiger partial charge on any atom is 0.153 e. The minimum atomic E-state index is 0.283. The largest absolute Gasteiger partial charge is 0.382 e. The van der Waals surface area contributed by atoms with Crippen molar-refractivity contribution >= 4 is 23.2 Å². The molecule has 0 aliphatic rings. The minimum Gasteiger partial charge on any atom is -0.382 e. The summed E-state index contributed by atoms with van der Waals surface area (Å²) in [6.07, 6.45) is 1.40. The summed E-state index contributed by atoms with van der Waals surface area (Å²) in [6, 6.07) is 5.89. The molecule has 94 valence electrons. The van der Waals surface area contributed by atoms with Gasteiger partial charge in [-0.1, -0.05) is 17.7 Å². The first kappa shape index (κ1) is 12.6. The molecule has 2 rings (SSSR count). The number of pyridine rings is 1. The number of anilines is 2. The van der Waals surface area contributed by atoms with E-state index in [0.717, 1.165) is 11.4 Å². The van der Waals surface area contributed by atoms with Gasteiger partial charge in [-0.05, 0) is 19.1 Å². The van der Waals surface area contributed by atoms with Gasteiger partial charge >= 0.3 is 0 Å². The molecular formula is C12H14ClN5. The van der Waals surface area contributed by atoms with Crippen molar-refractivity contribution < 1.29 is 0 Å². The first-order valence-electron chi connectivity index (χ1n) is 5.47. The summed E-state index contributed by atoms with van der Waals surface area (Å²) in [5.41, 5.74) is 7.58. The lowest BCUT2D eigenvalue weighted by Gasteiger charge is -2.19. The molecule has 2 aromatic heterocycles. The van der Waals surface area contributed by atoms with Gasteiger partial charge in [0.05, 0.1) is 12.2 Å². The second-order valence-electron chi connectivity index (χ2n) is 4.02. The second-order valence-corrected chi connectivity index (χ2v) is 4.40. The molecule has 0 radical (unpaired) electrons. The number of aromatic nitrogens is 3. The van der Waals surface area contributed by atoms with Gasteiger partial charge in [-0.15, -0.1) is 0 Å². The quantitative estimate of drug-likeness (QED) is 0.918. The first-order valence-corrected chi connectivity index (χ1v) is 5.85. The van der Waals surface area contributed by atoms with E-state index in [4.69, 9.17) is 17.3 Å². The molecule has 0 spiro atoms. The van der Waals surface area contributed by atoms with E-state index in [1.54, 1.807) is 0 Å². The summed E-state index contributed by atoms with van der Waals surface area (Å²) >= 11 is 6.07. The molecule has 0 aromatic carbocycles. The van der Waals surface area contributed by atoms with Gasteiger partial charge in [-0.25, -0.2) is 9.97 Å². The number of nitrogen functional groups attached to an aromatic ring is 1. The van der Waals surface area contributed by atoms with Crippen LogP contribution in [0.4, 0.5) is 11.6 Å². The second kappa shape index (κ2) is 5.18. The van der Waals surface area contributed by atoms with Crippen molar-refractivity contribution in [3.8, 4) is 0 Å². The molecule has 0 aliphatic carbocycles. The molecule has 2 aromatic rings. The molecule has 2 N–H and O–H groups in total. The highest BCUT2D eigenvalue weighted by molar-refractivity contribution is 6.35. The van der Waals surface area contributed by atoms with E-state index in [1.165, 1.54) is 6.33 Å². The third-order valence-electron chi connectivity index (χ3n) is 2.50. The van der Waals surface area contributed by atoms with Crippen molar-refractivity contribution in [2.24, 2.45) is 0 Å². The van der Waals surface area contributed by atoms with Crippen LogP contribution >= 0.6 is 11.6 Å². The lowest BCUT2D eigenvalue weighted by atomic mass is 10.3. The smallest absolute Gasteiger partial charge is 0.153 e. The number of hydrogen-bond donors (Lipinski definition) is 1. The Morgan fingerprint density at radius 3 is 2.83 bits per heavy atom. The molecule has 6 heteroatoms. The van der Waals surface area contributed by atoms with Gasteiger partial charge in [0, 0.05) is 12.7 Å². The summed E-state index contributed by atoms with van der Waals surface area (Å²) in [6.45, 7) is 2.57. The monoisotopic (exact) mass is 263 g/mol. The highest BCUT2D eigenvalue weighted by atomic mass is 35.5. The zero-order chi connectivity index (χ0) is 13.1. The van der Waals surface area contributed by atoms with Crippen molar-refractivity contribution in [2.45, 2.75) is 13.5 Å². The molecule has 18 heavy (non-hydrogen) atoms. The van der Waals surface area contributed by atoms with E-state index in [9.17, 15) is 0 Å². The molecule has 5 nitrogen and oxygen atoms in total. The Bertz CT molecular complexity index is 558. The highest BCUT2D eigenvalue weighted by Crippen LogP contribution is 2.26. The molecule has 0 unspecified atom stereocenters. The van der Waals surface area contributed by atoms with Crippen LogP contribution in [-0.2, 0) is 6.54 Å². The third-order valence-corrected chi connectivity index (χ3v) is 2.87. The van der Waals surface area contributed by atoms with Gasteiger partial charge in [0.25, 0.3) is 0 Å².